The van der Waals surface area contributed by atoms with Gasteiger partial charge in [0, 0.05) is 19.6 Å². The van der Waals surface area contributed by atoms with Gasteiger partial charge in [-0.25, -0.2) is 9.48 Å². The Morgan fingerprint density at radius 1 is 1.69 bits per heavy atom. The van der Waals surface area contributed by atoms with Crippen LogP contribution in [0.25, 0.3) is 0 Å². The Morgan fingerprint density at radius 2 is 2.38 bits per heavy atom. The minimum atomic E-state index is -1.06. The van der Waals surface area contributed by atoms with Crippen LogP contribution in [0, 0.1) is 0 Å². The first-order chi connectivity index (χ1) is 7.56. The minimum Gasteiger partial charge on any atom is -0.476 e. The van der Waals surface area contributed by atoms with E-state index in [1.54, 1.807) is 11.6 Å². The number of β-amino-alcohol motifs (C(OH)–C–C–N with tert-alkyl or cyclic N) is 1. The van der Waals surface area contributed by atoms with Crippen LogP contribution in [0.3, 0.4) is 0 Å². The maximum atomic E-state index is 10.6. The first kappa shape index (κ1) is 11.0. The Balaban J connectivity index is 1.89. The molecule has 1 unspecified atom stereocenters. The van der Waals surface area contributed by atoms with Crippen LogP contribution in [-0.2, 0) is 0 Å². The number of rotatable bonds is 4. The second kappa shape index (κ2) is 4.18. The third-order valence-corrected chi connectivity index (χ3v) is 2.56. The van der Waals surface area contributed by atoms with Crippen LogP contribution in [0.2, 0.25) is 0 Å². The van der Waals surface area contributed by atoms with E-state index >= 15 is 0 Å². The predicted octanol–water partition coefficient (Wildman–Crippen LogP) is -0.786. The Hall–Kier alpha value is -1.47. The van der Waals surface area contributed by atoms with Gasteiger partial charge in [-0.1, -0.05) is 5.21 Å². The molecule has 0 bridgehead atoms. The SMILES string of the molecule is CC(O)CN1CC(n2cc(C(=O)O)nn2)C1. The number of aromatic nitrogens is 3. The van der Waals surface area contributed by atoms with Gasteiger partial charge in [-0.2, -0.15) is 0 Å². The van der Waals surface area contributed by atoms with Crippen molar-refractivity contribution in [2.75, 3.05) is 19.6 Å². The van der Waals surface area contributed by atoms with Gasteiger partial charge in [-0.3, -0.25) is 4.90 Å². The van der Waals surface area contributed by atoms with Crippen LogP contribution in [0.4, 0.5) is 0 Å². The van der Waals surface area contributed by atoms with Gasteiger partial charge < -0.3 is 10.2 Å². The van der Waals surface area contributed by atoms with Gasteiger partial charge in [0.2, 0.25) is 0 Å². The molecule has 1 aliphatic rings. The lowest BCUT2D eigenvalue weighted by molar-refractivity contribution is 0.0469. The highest BCUT2D eigenvalue weighted by atomic mass is 16.4. The van der Waals surface area contributed by atoms with Crippen molar-refractivity contribution in [3.8, 4) is 0 Å². The molecule has 2 heterocycles. The predicted molar refractivity (Wildman–Crippen MR) is 54.1 cm³/mol. The molecule has 2 N–H and O–H groups in total. The van der Waals surface area contributed by atoms with E-state index < -0.39 is 5.97 Å². The highest BCUT2D eigenvalue weighted by Gasteiger charge is 2.30. The van der Waals surface area contributed by atoms with Gasteiger partial charge in [0.25, 0.3) is 0 Å². The standard InChI is InChI=1S/C9H14N4O3/c1-6(14)2-12-3-7(4-12)13-5-8(9(15)16)10-11-13/h5-7,14H,2-4H2,1H3,(H,15,16). The monoisotopic (exact) mass is 226 g/mol. The smallest absolute Gasteiger partial charge is 0.358 e. The molecule has 0 aliphatic carbocycles. The molecule has 88 valence electrons. The van der Waals surface area contributed by atoms with Crippen molar-refractivity contribution < 1.29 is 15.0 Å². The summed E-state index contributed by atoms with van der Waals surface area (Å²) in [7, 11) is 0. The van der Waals surface area contributed by atoms with Crippen LogP contribution in [0.15, 0.2) is 6.20 Å². The summed E-state index contributed by atoms with van der Waals surface area (Å²) in [6, 6.07) is 0.166. The number of hydrogen-bond donors (Lipinski definition) is 2. The fraction of sp³-hybridized carbons (Fsp3) is 0.667. The van der Waals surface area contributed by atoms with Gasteiger partial charge in [-0.15, -0.1) is 5.10 Å². The third-order valence-electron chi connectivity index (χ3n) is 2.56. The normalized spacial score (nSPS) is 19.4. The lowest BCUT2D eigenvalue weighted by Crippen LogP contribution is -2.50. The van der Waals surface area contributed by atoms with Crippen LogP contribution >= 0.6 is 0 Å². The first-order valence-corrected chi connectivity index (χ1v) is 5.12. The summed E-state index contributed by atoms with van der Waals surface area (Å²) >= 11 is 0. The molecule has 0 amide bonds. The number of carboxylic acids is 1. The van der Waals surface area contributed by atoms with Crippen LogP contribution < -0.4 is 0 Å². The molecular weight excluding hydrogens is 212 g/mol. The summed E-state index contributed by atoms with van der Waals surface area (Å²) in [6.45, 7) is 3.92. The summed E-state index contributed by atoms with van der Waals surface area (Å²) in [5.74, 6) is -1.06. The molecule has 0 aromatic carbocycles. The molecule has 0 saturated carbocycles. The van der Waals surface area contributed by atoms with Crippen molar-refractivity contribution in [3.05, 3.63) is 11.9 Å². The van der Waals surface area contributed by atoms with Crippen molar-refractivity contribution in [1.29, 1.82) is 0 Å². The molecule has 1 fully saturated rings. The van der Waals surface area contributed by atoms with Crippen molar-refractivity contribution in [2.24, 2.45) is 0 Å². The van der Waals surface area contributed by atoms with E-state index in [1.807, 2.05) is 0 Å². The molecule has 1 aromatic rings. The zero-order valence-corrected chi connectivity index (χ0v) is 8.94. The molecule has 0 radical (unpaired) electrons. The fourth-order valence-corrected chi connectivity index (χ4v) is 1.79. The molecule has 16 heavy (non-hydrogen) atoms. The topological polar surface area (TPSA) is 91.5 Å². The lowest BCUT2D eigenvalue weighted by atomic mass is 10.1. The van der Waals surface area contributed by atoms with Crippen LogP contribution in [-0.4, -0.2) is 61.8 Å². The number of aliphatic hydroxyl groups is 1. The molecule has 0 spiro atoms. The van der Waals surface area contributed by atoms with E-state index in [-0.39, 0.29) is 17.8 Å². The fourth-order valence-electron chi connectivity index (χ4n) is 1.79. The third kappa shape index (κ3) is 2.20. The summed E-state index contributed by atoms with van der Waals surface area (Å²) in [5.41, 5.74) is -0.0334. The summed E-state index contributed by atoms with van der Waals surface area (Å²) in [4.78, 5) is 12.7. The average Bonchev–Trinajstić information content (AvgIpc) is 2.58. The molecular formula is C9H14N4O3. The molecule has 7 heteroatoms. The van der Waals surface area contributed by atoms with E-state index in [0.717, 1.165) is 13.1 Å². The van der Waals surface area contributed by atoms with Crippen molar-refractivity contribution in [1.82, 2.24) is 19.9 Å². The van der Waals surface area contributed by atoms with Gasteiger partial charge >= 0.3 is 5.97 Å². The summed E-state index contributed by atoms with van der Waals surface area (Å²) in [6.07, 6.45) is 1.10. The van der Waals surface area contributed by atoms with Gasteiger partial charge in [0.05, 0.1) is 18.3 Å². The van der Waals surface area contributed by atoms with Gasteiger partial charge in [0.15, 0.2) is 5.69 Å². The van der Waals surface area contributed by atoms with E-state index in [4.69, 9.17) is 10.2 Å². The van der Waals surface area contributed by atoms with E-state index in [0.29, 0.717) is 6.54 Å². The molecule has 2 rings (SSSR count). The van der Waals surface area contributed by atoms with E-state index in [2.05, 4.69) is 15.2 Å². The Labute approximate surface area is 92.3 Å². The summed E-state index contributed by atoms with van der Waals surface area (Å²) < 4.78 is 1.57. The molecule has 7 nitrogen and oxygen atoms in total. The highest BCUT2D eigenvalue weighted by Crippen LogP contribution is 2.20. The van der Waals surface area contributed by atoms with E-state index in [9.17, 15) is 4.79 Å². The summed E-state index contributed by atoms with van der Waals surface area (Å²) in [5, 5.41) is 25.2. The van der Waals surface area contributed by atoms with Crippen LogP contribution in [0.1, 0.15) is 23.5 Å². The maximum absolute atomic E-state index is 10.6. The number of nitrogens with zero attached hydrogens (tertiary/aromatic N) is 4. The second-order valence-corrected chi connectivity index (χ2v) is 4.11. The average molecular weight is 226 g/mol. The number of likely N-dealkylation sites (tertiary alicyclic amines) is 1. The quantitative estimate of drug-likeness (QED) is 0.699. The number of aromatic carboxylic acids is 1. The second-order valence-electron chi connectivity index (χ2n) is 4.11. The highest BCUT2D eigenvalue weighted by molar-refractivity contribution is 5.84. The number of carboxylic acid groups (broad SMARTS) is 1. The molecule has 1 aliphatic heterocycles. The molecule has 1 aromatic heterocycles. The Morgan fingerprint density at radius 3 is 2.88 bits per heavy atom. The largest absolute Gasteiger partial charge is 0.476 e. The molecule has 1 atom stereocenters. The van der Waals surface area contributed by atoms with Crippen molar-refractivity contribution in [2.45, 2.75) is 19.1 Å². The zero-order valence-electron chi connectivity index (χ0n) is 8.94. The van der Waals surface area contributed by atoms with Gasteiger partial charge in [-0.05, 0) is 6.92 Å². The lowest BCUT2D eigenvalue weighted by Gasteiger charge is -2.39. The van der Waals surface area contributed by atoms with E-state index in [1.165, 1.54) is 6.20 Å². The van der Waals surface area contributed by atoms with Crippen molar-refractivity contribution >= 4 is 5.97 Å². The number of carbonyl (C=O) groups is 1. The first-order valence-electron chi connectivity index (χ1n) is 5.12. The Bertz CT molecular complexity index is 384. The zero-order chi connectivity index (χ0) is 11.7. The molecule has 1 saturated heterocycles. The van der Waals surface area contributed by atoms with Gasteiger partial charge in [0.1, 0.15) is 0 Å². The van der Waals surface area contributed by atoms with Crippen LogP contribution in [0.5, 0.6) is 0 Å². The van der Waals surface area contributed by atoms with Crippen molar-refractivity contribution in [3.63, 3.8) is 0 Å². The number of aliphatic hydroxyl groups excluding tert-OH is 1. The minimum absolute atomic E-state index is 0.0334. The Kier molecular flexibility index (Phi) is 2.88. The number of hydrogen-bond acceptors (Lipinski definition) is 5. The maximum Gasteiger partial charge on any atom is 0.358 e.